The number of rotatable bonds is 3. The molecule has 0 radical (unpaired) electrons. The lowest BCUT2D eigenvalue weighted by molar-refractivity contribution is -0.156. The van der Waals surface area contributed by atoms with Crippen molar-refractivity contribution in [3.8, 4) is 5.75 Å². The van der Waals surface area contributed by atoms with Crippen LogP contribution in [0.3, 0.4) is 0 Å². The van der Waals surface area contributed by atoms with Gasteiger partial charge in [-0.3, -0.25) is 9.48 Å². The van der Waals surface area contributed by atoms with Gasteiger partial charge in [0.25, 0.3) is 0 Å². The van der Waals surface area contributed by atoms with Crippen molar-refractivity contribution in [2.75, 3.05) is 0 Å². The molecule has 0 N–H and O–H groups in total. The minimum absolute atomic E-state index is 0.0832. The van der Waals surface area contributed by atoms with Gasteiger partial charge in [0.2, 0.25) is 0 Å². The fourth-order valence-electron chi connectivity index (χ4n) is 3.30. The van der Waals surface area contributed by atoms with E-state index in [-0.39, 0.29) is 11.5 Å². The normalized spacial score (nSPS) is 26.1. The second-order valence-electron chi connectivity index (χ2n) is 5.48. The van der Waals surface area contributed by atoms with E-state index in [0.29, 0.717) is 12.2 Å². The van der Waals surface area contributed by atoms with Crippen LogP contribution in [0.5, 0.6) is 5.75 Å². The van der Waals surface area contributed by atoms with Crippen LogP contribution in [0.1, 0.15) is 45.4 Å². The van der Waals surface area contributed by atoms with Crippen LogP contribution in [0.2, 0.25) is 0 Å². The number of Topliss-reactive ketones (excluding diaryl/α,β-unsaturated/α-hetero) is 1. The van der Waals surface area contributed by atoms with Crippen LogP contribution in [0.4, 0.5) is 0 Å². The maximum absolute atomic E-state index is 12.0. The number of carbonyl (C=O) groups excluding carboxylic acids is 1. The summed E-state index contributed by atoms with van der Waals surface area (Å²) in [6, 6.07) is 0. The molecule has 1 unspecified atom stereocenters. The summed E-state index contributed by atoms with van der Waals surface area (Å²) in [4.78, 5) is 12.0. The summed E-state index contributed by atoms with van der Waals surface area (Å²) in [7, 11) is 0. The van der Waals surface area contributed by atoms with Gasteiger partial charge >= 0.3 is 0 Å². The molecule has 0 bridgehead atoms. The van der Waals surface area contributed by atoms with Crippen molar-refractivity contribution in [3.05, 3.63) is 12.4 Å². The fourth-order valence-corrected chi connectivity index (χ4v) is 3.30. The zero-order valence-electron chi connectivity index (χ0n) is 10.9. The molecule has 1 aromatic heterocycles. The Bertz CT molecular complexity index is 446. The van der Waals surface area contributed by atoms with E-state index < -0.39 is 0 Å². The number of aryl methyl sites for hydroxylation is 1. The molecular weight excluding hydrogens is 228 g/mol. The van der Waals surface area contributed by atoms with Gasteiger partial charge in [0.05, 0.1) is 17.8 Å². The van der Waals surface area contributed by atoms with Gasteiger partial charge in [0, 0.05) is 13.0 Å². The molecule has 1 heterocycles. The van der Waals surface area contributed by atoms with Crippen molar-refractivity contribution in [3.63, 3.8) is 0 Å². The van der Waals surface area contributed by atoms with Crippen LogP contribution in [-0.4, -0.2) is 21.7 Å². The average molecular weight is 248 g/mol. The highest BCUT2D eigenvalue weighted by molar-refractivity contribution is 5.92. The van der Waals surface area contributed by atoms with Crippen molar-refractivity contribution in [2.24, 2.45) is 5.41 Å². The number of hydrogen-bond donors (Lipinski definition) is 0. The first-order valence-corrected chi connectivity index (χ1v) is 6.97. The Hall–Kier alpha value is -1.32. The molecule has 0 saturated heterocycles. The molecule has 3 rings (SSSR count). The van der Waals surface area contributed by atoms with Crippen LogP contribution in [0.25, 0.3) is 0 Å². The number of nitrogens with zero attached hydrogens (tertiary/aromatic N) is 2. The standard InChI is InChI=1S/C14H20N2O2/c1-2-16-10-11(9-15-16)18-13-8-12(17)14(13)6-4-3-5-7-14/h9-10,13H,2-8H2,1H3. The van der Waals surface area contributed by atoms with Crippen molar-refractivity contribution in [2.45, 2.75) is 58.1 Å². The second kappa shape index (κ2) is 4.41. The predicted octanol–water partition coefficient (Wildman–Crippen LogP) is 2.57. The van der Waals surface area contributed by atoms with E-state index in [0.717, 1.165) is 25.1 Å². The first-order chi connectivity index (χ1) is 8.74. The average Bonchev–Trinajstić information content (AvgIpc) is 2.87. The van der Waals surface area contributed by atoms with Crippen molar-refractivity contribution in [1.29, 1.82) is 0 Å². The molecule has 2 saturated carbocycles. The summed E-state index contributed by atoms with van der Waals surface area (Å²) in [5.74, 6) is 1.22. The number of carbonyl (C=O) groups is 1. The van der Waals surface area contributed by atoms with E-state index in [4.69, 9.17) is 4.74 Å². The third-order valence-corrected chi connectivity index (χ3v) is 4.50. The SMILES string of the molecule is CCn1cc(OC2CC(=O)C23CCCCC3)cn1. The third-order valence-electron chi connectivity index (χ3n) is 4.50. The largest absolute Gasteiger partial charge is 0.486 e. The molecule has 0 amide bonds. The van der Waals surface area contributed by atoms with Gasteiger partial charge < -0.3 is 4.74 Å². The summed E-state index contributed by atoms with van der Waals surface area (Å²) >= 11 is 0. The summed E-state index contributed by atoms with van der Waals surface area (Å²) < 4.78 is 7.84. The molecule has 18 heavy (non-hydrogen) atoms. The molecule has 1 atom stereocenters. The number of ketones is 1. The predicted molar refractivity (Wildman–Crippen MR) is 67.5 cm³/mol. The van der Waals surface area contributed by atoms with Crippen LogP contribution < -0.4 is 4.74 Å². The number of aromatic nitrogens is 2. The molecule has 2 fully saturated rings. The maximum Gasteiger partial charge on any atom is 0.157 e. The minimum Gasteiger partial charge on any atom is -0.486 e. The molecular formula is C14H20N2O2. The molecule has 98 valence electrons. The van der Waals surface area contributed by atoms with Crippen LogP contribution in [-0.2, 0) is 11.3 Å². The van der Waals surface area contributed by atoms with Gasteiger partial charge in [-0.2, -0.15) is 5.10 Å². The molecule has 1 spiro atoms. The van der Waals surface area contributed by atoms with Gasteiger partial charge in [0.15, 0.2) is 5.75 Å². The first-order valence-electron chi connectivity index (χ1n) is 6.97. The highest BCUT2D eigenvalue weighted by atomic mass is 16.5. The molecule has 4 nitrogen and oxygen atoms in total. The lowest BCUT2D eigenvalue weighted by Crippen LogP contribution is -2.57. The van der Waals surface area contributed by atoms with Crippen molar-refractivity contribution in [1.82, 2.24) is 9.78 Å². The minimum atomic E-state index is -0.160. The van der Waals surface area contributed by atoms with E-state index in [1.165, 1.54) is 19.3 Å². The number of ether oxygens (including phenoxy) is 1. The van der Waals surface area contributed by atoms with E-state index in [9.17, 15) is 4.79 Å². The highest BCUT2D eigenvalue weighted by Crippen LogP contribution is 2.50. The van der Waals surface area contributed by atoms with Gasteiger partial charge in [0.1, 0.15) is 11.9 Å². The van der Waals surface area contributed by atoms with Crippen molar-refractivity contribution >= 4 is 5.78 Å². The number of hydrogen-bond acceptors (Lipinski definition) is 3. The van der Waals surface area contributed by atoms with Gasteiger partial charge in [-0.05, 0) is 19.8 Å². The summed E-state index contributed by atoms with van der Waals surface area (Å²) in [5, 5.41) is 4.21. The Kier molecular flexibility index (Phi) is 2.88. The Morgan fingerprint density at radius 1 is 1.44 bits per heavy atom. The monoisotopic (exact) mass is 248 g/mol. The van der Waals surface area contributed by atoms with E-state index in [1.807, 2.05) is 17.8 Å². The van der Waals surface area contributed by atoms with E-state index >= 15 is 0 Å². The van der Waals surface area contributed by atoms with Crippen LogP contribution in [0, 0.1) is 5.41 Å². The Labute approximate surface area is 107 Å². The Balaban J connectivity index is 1.71. The molecule has 0 aromatic carbocycles. The van der Waals surface area contributed by atoms with Crippen LogP contribution >= 0.6 is 0 Å². The Morgan fingerprint density at radius 2 is 2.22 bits per heavy atom. The summed E-state index contributed by atoms with van der Waals surface area (Å²) in [5.41, 5.74) is -0.160. The van der Waals surface area contributed by atoms with Gasteiger partial charge in [-0.25, -0.2) is 0 Å². The summed E-state index contributed by atoms with van der Waals surface area (Å²) in [6.45, 7) is 2.89. The molecule has 1 aromatic rings. The molecule has 4 heteroatoms. The maximum atomic E-state index is 12.0. The summed E-state index contributed by atoms with van der Waals surface area (Å²) in [6.07, 6.45) is 9.95. The topological polar surface area (TPSA) is 44.1 Å². The molecule has 2 aliphatic carbocycles. The smallest absolute Gasteiger partial charge is 0.157 e. The lowest BCUT2D eigenvalue weighted by Gasteiger charge is -2.49. The van der Waals surface area contributed by atoms with Gasteiger partial charge in [-0.1, -0.05) is 19.3 Å². The fraction of sp³-hybridized carbons (Fsp3) is 0.714. The molecule has 0 aliphatic heterocycles. The quantitative estimate of drug-likeness (QED) is 0.825. The third kappa shape index (κ3) is 1.74. The van der Waals surface area contributed by atoms with E-state index in [2.05, 4.69) is 5.10 Å². The van der Waals surface area contributed by atoms with E-state index in [1.54, 1.807) is 6.20 Å². The Morgan fingerprint density at radius 3 is 2.83 bits per heavy atom. The van der Waals surface area contributed by atoms with Crippen LogP contribution in [0.15, 0.2) is 12.4 Å². The zero-order valence-corrected chi connectivity index (χ0v) is 10.9. The first kappa shape index (κ1) is 11.8. The van der Waals surface area contributed by atoms with Gasteiger partial charge in [-0.15, -0.1) is 0 Å². The zero-order chi connectivity index (χ0) is 12.6. The second-order valence-corrected chi connectivity index (χ2v) is 5.48. The molecule has 2 aliphatic rings. The lowest BCUT2D eigenvalue weighted by atomic mass is 9.57. The van der Waals surface area contributed by atoms with Crippen molar-refractivity contribution < 1.29 is 9.53 Å². The highest BCUT2D eigenvalue weighted by Gasteiger charge is 2.56.